The molecule has 4 nitrogen and oxygen atoms in total. The first-order chi connectivity index (χ1) is 8.08. The standard InChI is InChI=1S/C11H8ClFN2O2/c12-6-4-7(13)11(15-5-6)17-9-3-1-2-8(16)10(9)14/h1-5,16H,14H2. The van der Waals surface area contributed by atoms with E-state index in [0.29, 0.717) is 0 Å². The van der Waals surface area contributed by atoms with E-state index in [1.54, 1.807) is 0 Å². The average Bonchev–Trinajstić information content (AvgIpc) is 2.28. The number of halogens is 2. The maximum absolute atomic E-state index is 13.4. The fourth-order valence-electron chi connectivity index (χ4n) is 1.20. The first kappa shape index (κ1) is 11.5. The molecule has 0 bridgehead atoms. The predicted molar refractivity (Wildman–Crippen MR) is 61.8 cm³/mol. The number of phenols is 1. The van der Waals surface area contributed by atoms with Crippen molar-refractivity contribution in [1.29, 1.82) is 0 Å². The molecule has 1 heterocycles. The molecule has 2 aromatic rings. The van der Waals surface area contributed by atoms with Crippen LogP contribution >= 0.6 is 11.6 Å². The second-order valence-corrected chi connectivity index (χ2v) is 3.67. The van der Waals surface area contributed by atoms with Crippen LogP contribution in [-0.4, -0.2) is 10.1 Å². The maximum Gasteiger partial charge on any atom is 0.256 e. The third-order valence-corrected chi connectivity index (χ3v) is 2.23. The molecule has 0 atom stereocenters. The van der Waals surface area contributed by atoms with E-state index < -0.39 is 5.82 Å². The topological polar surface area (TPSA) is 68.4 Å². The van der Waals surface area contributed by atoms with E-state index in [1.807, 2.05) is 0 Å². The summed E-state index contributed by atoms with van der Waals surface area (Å²) in [5.74, 6) is -0.984. The fourth-order valence-corrected chi connectivity index (χ4v) is 1.35. The highest BCUT2D eigenvalue weighted by atomic mass is 35.5. The summed E-state index contributed by atoms with van der Waals surface area (Å²) in [6, 6.07) is 5.48. The van der Waals surface area contributed by atoms with E-state index in [0.717, 1.165) is 6.07 Å². The lowest BCUT2D eigenvalue weighted by Gasteiger charge is -2.08. The number of para-hydroxylation sites is 1. The number of anilines is 1. The highest BCUT2D eigenvalue weighted by Crippen LogP contribution is 2.33. The van der Waals surface area contributed by atoms with Crippen molar-refractivity contribution < 1.29 is 14.2 Å². The average molecular weight is 255 g/mol. The lowest BCUT2D eigenvalue weighted by atomic mass is 10.3. The largest absolute Gasteiger partial charge is 0.506 e. The van der Waals surface area contributed by atoms with Gasteiger partial charge in [0.25, 0.3) is 5.88 Å². The first-order valence-corrected chi connectivity index (χ1v) is 5.02. The van der Waals surface area contributed by atoms with Gasteiger partial charge in [-0.2, -0.15) is 0 Å². The summed E-state index contributed by atoms with van der Waals surface area (Å²) < 4.78 is 18.5. The highest BCUT2D eigenvalue weighted by Gasteiger charge is 2.11. The van der Waals surface area contributed by atoms with E-state index in [4.69, 9.17) is 22.1 Å². The van der Waals surface area contributed by atoms with Crippen molar-refractivity contribution in [1.82, 2.24) is 4.98 Å². The predicted octanol–water partition coefficient (Wildman–Crippen LogP) is 2.95. The van der Waals surface area contributed by atoms with Gasteiger partial charge in [0.05, 0.1) is 5.02 Å². The van der Waals surface area contributed by atoms with Crippen LogP contribution in [0.1, 0.15) is 0 Å². The van der Waals surface area contributed by atoms with E-state index >= 15 is 0 Å². The highest BCUT2D eigenvalue weighted by molar-refractivity contribution is 6.30. The number of pyridine rings is 1. The molecule has 17 heavy (non-hydrogen) atoms. The zero-order chi connectivity index (χ0) is 12.4. The van der Waals surface area contributed by atoms with Gasteiger partial charge in [-0.25, -0.2) is 9.37 Å². The third-order valence-electron chi connectivity index (χ3n) is 2.02. The van der Waals surface area contributed by atoms with Crippen LogP contribution in [0.15, 0.2) is 30.5 Å². The second-order valence-electron chi connectivity index (χ2n) is 3.23. The van der Waals surface area contributed by atoms with Crippen molar-refractivity contribution in [2.45, 2.75) is 0 Å². The molecule has 0 fully saturated rings. The van der Waals surface area contributed by atoms with Crippen LogP contribution in [-0.2, 0) is 0 Å². The number of hydrogen-bond donors (Lipinski definition) is 2. The smallest absolute Gasteiger partial charge is 0.256 e. The number of nitrogen functional groups attached to an aromatic ring is 1. The van der Waals surface area contributed by atoms with Crippen LogP contribution < -0.4 is 10.5 Å². The molecule has 88 valence electrons. The molecule has 0 aliphatic heterocycles. The zero-order valence-electron chi connectivity index (χ0n) is 8.52. The number of aromatic nitrogens is 1. The molecular weight excluding hydrogens is 247 g/mol. The fraction of sp³-hybridized carbons (Fsp3) is 0. The number of rotatable bonds is 2. The van der Waals surface area contributed by atoms with Crippen LogP contribution in [0, 0.1) is 5.82 Å². The maximum atomic E-state index is 13.4. The van der Waals surface area contributed by atoms with E-state index in [1.165, 1.54) is 24.4 Å². The number of ether oxygens (including phenoxy) is 1. The Bertz CT molecular complexity index is 563. The molecule has 0 unspecified atom stereocenters. The number of phenolic OH excluding ortho intramolecular Hbond substituents is 1. The van der Waals surface area contributed by atoms with Crippen molar-refractivity contribution in [2.75, 3.05) is 5.73 Å². The molecule has 1 aromatic heterocycles. The lowest BCUT2D eigenvalue weighted by Crippen LogP contribution is -1.96. The quantitative estimate of drug-likeness (QED) is 0.639. The van der Waals surface area contributed by atoms with Gasteiger partial charge < -0.3 is 15.6 Å². The van der Waals surface area contributed by atoms with Crippen molar-refractivity contribution in [2.24, 2.45) is 0 Å². The molecule has 0 saturated carbocycles. The van der Waals surface area contributed by atoms with Gasteiger partial charge in [-0.15, -0.1) is 0 Å². The Kier molecular flexibility index (Phi) is 3.01. The Balaban J connectivity index is 2.35. The number of nitrogens with two attached hydrogens (primary N) is 1. The Morgan fingerprint density at radius 2 is 2.18 bits per heavy atom. The Morgan fingerprint density at radius 3 is 2.88 bits per heavy atom. The van der Waals surface area contributed by atoms with Crippen molar-refractivity contribution in [3.63, 3.8) is 0 Å². The minimum Gasteiger partial charge on any atom is -0.506 e. The molecule has 1 aromatic carbocycles. The number of benzene rings is 1. The molecule has 0 spiro atoms. The lowest BCUT2D eigenvalue weighted by molar-refractivity contribution is 0.419. The summed E-state index contributed by atoms with van der Waals surface area (Å²) in [6.07, 6.45) is 1.25. The molecule has 0 aliphatic carbocycles. The zero-order valence-corrected chi connectivity index (χ0v) is 9.28. The second kappa shape index (κ2) is 4.47. The number of hydrogen-bond acceptors (Lipinski definition) is 4. The summed E-state index contributed by atoms with van der Waals surface area (Å²) in [5.41, 5.74) is 5.58. The van der Waals surface area contributed by atoms with Crippen molar-refractivity contribution >= 4 is 17.3 Å². The minimum absolute atomic E-state index is 0.0173. The monoisotopic (exact) mass is 254 g/mol. The van der Waals surface area contributed by atoms with Gasteiger partial charge in [-0.3, -0.25) is 0 Å². The van der Waals surface area contributed by atoms with E-state index in [-0.39, 0.29) is 28.1 Å². The van der Waals surface area contributed by atoms with Gasteiger partial charge in [-0.1, -0.05) is 17.7 Å². The molecule has 0 saturated heterocycles. The summed E-state index contributed by atoms with van der Waals surface area (Å²) in [4.78, 5) is 3.68. The molecule has 0 amide bonds. The minimum atomic E-state index is -0.708. The Hall–Kier alpha value is -2.01. The SMILES string of the molecule is Nc1c(O)cccc1Oc1ncc(Cl)cc1F. The molecule has 6 heteroatoms. The number of aromatic hydroxyl groups is 1. The van der Waals surface area contributed by atoms with E-state index in [2.05, 4.69) is 4.98 Å². The Morgan fingerprint density at radius 1 is 1.41 bits per heavy atom. The van der Waals surface area contributed by atoms with Gasteiger partial charge in [0.1, 0.15) is 11.4 Å². The third kappa shape index (κ3) is 2.39. The molecule has 0 radical (unpaired) electrons. The van der Waals surface area contributed by atoms with Crippen molar-refractivity contribution in [3.8, 4) is 17.4 Å². The van der Waals surface area contributed by atoms with Crippen LogP contribution in [0.3, 0.4) is 0 Å². The normalized spacial score (nSPS) is 10.2. The van der Waals surface area contributed by atoms with Gasteiger partial charge in [0, 0.05) is 6.20 Å². The number of nitrogens with zero attached hydrogens (tertiary/aromatic N) is 1. The van der Waals surface area contributed by atoms with Crippen LogP contribution in [0.4, 0.5) is 10.1 Å². The molecule has 3 N–H and O–H groups in total. The van der Waals surface area contributed by atoms with Crippen LogP contribution in [0.25, 0.3) is 0 Å². The summed E-state index contributed by atoms with van der Waals surface area (Å²) in [6.45, 7) is 0. The summed E-state index contributed by atoms with van der Waals surface area (Å²) >= 11 is 5.55. The van der Waals surface area contributed by atoms with Gasteiger partial charge in [0.15, 0.2) is 11.6 Å². The first-order valence-electron chi connectivity index (χ1n) is 4.64. The molecule has 0 aliphatic rings. The van der Waals surface area contributed by atoms with Crippen LogP contribution in [0.5, 0.6) is 17.4 Å². The summed E-state index contributed by atoms with van der Waals surface area (Å²) in [7, 11) is 0. The van der Waals surface area contributed by atoms with E-state index in [9.17, 15) is 9.50 Å². The Labute approximate surface area is 101 Å². The van der Waals surface area contributed by atoms with Crippen molar-refractivity contribution in [3.05, 3.63) is 41.3 Å². The van der Waals surface area contributed by atoms with Gasteiger partial charge in [-0.05, 0) is 18.2 Å². The van der Waals surface area contributed by atoms with Gasteiger partial charge in [0.2, 0.25) is 0 Å². The summed E-state index contributed by atoms with van der Waals surface area (Å²) in [5, 5.41) is 9.52. The van der Waals surface area contributed by atoms with Crippen LogP contribution in [0.2, 0.25) is 5.02 Å². The molecular formula is C11H8ClFN2O2. The van der Waals surface area contributed by atoms with Gasteiger partial charge >= 0.3 is 0 Å². The molecule has 2 rings (SSSR count).